The molecule has 0 amide bonds. The van der Waals surface area contributed by atoms with Crippen molar-refractivity contribution in [2.24, 2.45) is 15.8 Å². The standard InChI is InChI=1S/C12H23N/c1-10(8-11(2,3)4)13-9-12(5,6)7/h8-9H,1-7H3/b10-8-,13-9?/i8T,9T. The highest BCUT2D eigenvalue weighted by Gasteiger charge is 2.07. The minimum absolute atomic E-state index is 0.203. The molecule has 0 radical (unpaired) electrons. The second kappa shape index (κ2) is 4.08. The third-order valence-electron chi connectivity index (χ3n) is 1.11. The summed E-state index contributed by atoms with van der Waals surface area (Å²) in [7, 11) is 0. The lowest BCUT2D eigenvalue weighted by Crippen LogP contribution is -2.06. The first-order valence-corrected chi connectivity index (χ1v) is 4.70. The number of hydrogen-bond acceptors (Lipinski definition) is 1. The SMILES string of the molecule is [3H]C(=N/C(C)=C(/[3H])C(C)(C)C)C(C)(C)C. The summed E-state index contributed by atoms with van der Waals surface area (Å²) in [5, 5.41) is 0. The summed E-state index contributed by atoms with van der Waals surface area (Å²) in [5.41, 5.74) is 0.188. The van der Waals surface area contributed by atoms with Crippen molar-refractivity contribution in [3.8, 4) is 0 Å². The van der Waals surface area contributed by atoms with E-state index in [9.17, 15) is 0 Å². The molecule has 0 rings (SSSR count). The van der Waals surface area contributed by atoms with E-state index >= 15 is 0 Å². The van der Waals surface area contributed by atoms with Crippen LogP contribution in [0.25, 0.3) is 0 Å². The summed E-state index contributed by atoms with van der Waals surface area (Å²) in [5.74, 6) is 0. The van der Waals surface area contributed by atoms with E-state index in [1.807, 2.05) is 41.5 Å². The molecule has 0 aliphatic heterocycles. The number of aliphatic imine (C=N–C) groups is 1. The average molecular weight is 185 g/mol. The molecule has 0 aromatic heterocycles. The molecule has 0 aliphatic carbocycles. The quantitative estimate of drug-likeness (QED) is 0.546. The van der Waals surface area contributed by atoms with Gasteiger partial charge in [0, 0.05) is 11.9 Å². The Kier molecular flexibility index (Phi) is 2.82. The molecule has 0 aromatic carbocycles. The summed E-state index contributed by atoms with van der Waals surface area (Å²) in [6.07, 6.45) is 0.328. The Morgan fingerprint density at radius 1 is 1.08 bits per heavy atom. The van der Waals surface area contributed by atoms with Crippen molar-refractivity contribution < 1.29 is 2.74 Å². The molecule has 0 atom stereocenters. The van der Waals surface area contributed by atoms with Crippen molar-refractivity contribution in [1.82, 2.24) is 0 Å². The van der Waals surface area contributed by atoms with Crippen LogP contribution in [-0.4, -0.2) is 6.19 Å². The first-order chi connectivity index (χ1) is 6.46. The second-order valence-corrected chi connectivity index (χ2v) is 5.43. The van der Waals surface area contributed by atoms with Gasteiger partial charge in [0.2, 0.25) is 0 Å². The molecule has 0 N–H and O–H groups in total. The zero-order valence-corrected chi connectivity index (χ0v) is 9.95. The lowest BCUT2D eigenvalue weighted by Gasteiger charge is -2.14. The minimum atomic E-state index is -0.251. The normalized spacial score (nSPS) is 19.2. The molecule has 0 saturated heterocycles. The summed E-state index contributed by atoms with van der Waals surface area (Å²) in [4.78, 5) is 4.19. The van der Waals surface area contributed by atoms with E-state index in [0.29, 0.717) is 17.9 Å². The van der Waals surface area contributed by atoms with Crippen molar-refractivity contribution >= 4 is 6.19 Å². The first kappa shape index (κ1) is 8.98. The van der Waals surface area contributed by atoms with Crippen LogP contribution in [0.5, 0.6) is 0 Å². The lowest BCUT2D eigenvalue weighted by molar-refractivity contribution is 0.539. The highest BCUT2D eigenvalue weighted by atomic mass is 14.7. The zero-order valence-electron chi connectivity index (χ0n) is 11.9. The first-order valence-electron chi connectivity index (χ1n) is 5.70. The van der Waals surface area contributed by atoms with Crippen molar-refractivity contribution in [3.63, 3.8) is 0 Å². The average Bonchev–Trinajstić information content (AvgIpc) is 1.99. The van der Waals surface area contributed by atoms with Crippen molar-refractivity contribution in [2.45, 2.75) is 48.5 Å². The molecule has 0 aliphatic rings. The largest absolute Gasteiger partial charge is 0.266 e. The molecule has 0 unspecified atom stereocenters. The molecule has 0 bridgehead atoms. The van der Waals surface area contributed by atoms with Gasteiger partial charge in [-0.15, -0.1) is 0 Å². The molecule has 0 spiro atoms. The number of nitrogens with zero attached hydrogens (tertiary/aromatic N) is 1. The van der Waals surface area contributed by atoms with Crippen molar-refractivity contribution in [3.05, 3.63) is 11.7 Å². The van der Waals surface area contributed by atoms with Crippen molar-refractivity contribution in [1.29, 1.82) is 0 Å². The van der Waals surface area contributed by atoms with E-state index < -0.39 is 0 Å². The van der Waals surface area contributed by atoms with Gasteiger partial charge in [0.05, 0.1) is 2.74 Å². The second-order valence-electron chi connectivity index (χ2n) is 5.43. The highest BCUT2D eigenvalue weighted by molar-refractivity contribution is 5.65. The highest BCUT2D eigenvalue weighted by Crippen LogP contribution is 2.18. The summed E-state index contributed by atoms with van der Waals surface area (Å²) >= 11 is 0. The molecule has 0 aromatic rings. The third-order valence-corrected chi connectivity index (χ3v) is 1.11. The van der Waals surface area contributed by atoms with E-state index in [1.165, 1.54) is 0 Å². The summed E-state index contributed by atoms with van der Waals surface area (Å²) in [6, 6.07) is 0.497. The molecule has 0 heterocycles. The Bertz CT molecular complexity index is 288. The number of rotatable bonds is 1. The molecule has 76 valence electrons. The predicted molar refractivity (Wildman–Crippen MR) is 61.2 cm³/mol. The van der Waals surface area contributed by atoms with Gasteiger partial charge >= 0.3 is 0 Å². The van der Waals surface area contributed by atoms with E-state index in [1.54, 1.807) is 6.92 Å². The van der Waals surface area contributed by atoms with Gasteiger partial charge in [0.1, 0.15) is 0 Å². The van der Waals surface area contributed by atoms with Crippen LogP contribution in [0.3, 0.4) is 0 Å². The Labute approximate surface area is 85.8 Å². The fourth-order valence-corrected chi connectivity index (χ4v) is 0.822. The van der Waals surface area contributed by atoms with Crippen molar-refractivity contribution in [2.75, 3.05) is 0 Å². The zero-order chi connectivity index (χ0) is 12.4. The fourth-order valence-electron chi connectivity index (χ4n) is 0.822. The third kappa shape index (κ3) is 9.32. The lowest BCUT2D eigenvalue weighted by atomic mass is 9.95. The van der Waals surface area contributed by atoms with Crippen LogP contribution < -0.4 is 0 Å². The van der Waals surface area contributed by atoms with Crippen LogP contribution >= 0.6 is 0 Å². The summed E-state index contributed by atoms with van der Waals surface area (Å²) in [6.45, 7) is 13.6. The number of allylic oxidation sites excluding steroid dienone is 2. The minimum Gasteiger partial charge on any atom is -0.266 e. The van der Waals surface area contributed by atoms with Gasteiger partial charge in [-0.2, -0.15) is 0 Å². The van der Waals surface area contributed by atoms with Gasteiger partial charge in [-0.3, -0.25) is 4.99 Å². The van der Waals surface area contributed by atoms with Crippen LogP contribution in [0.1, 0.15) is 51.2 Å². The van der Waals surface area contributed by atoms with Gasteiger partial charge in [0.15, 0.2) is 0 Å². The molecule has 0 saturated carbocycles. The van der Waals surface area contributed by atoms with E-state index in [2.05, 4.69) is 4.99 Å². The monoisotopic (exact) mass is 185 g/mol. The molecule has 13 heavy (non-hydrogen) atoms. The maximum Gasteiger partial charge on any atom is 0.0797 e. The van der Waals surface area contributed by atoms with E-state index in [-0.39, 0.29) is 10.8 Å². The predicted octanol–water partition coefficient (Wildman–Crippen LogP) is 4.05. The molecular formula is C12H23N. The van der Waals surface area contributed by atoms with E-state index in [0.717, 1.165) is 0 Å². The molecule has 0 fully saturated rings. The maximum atomic E-state index is 7.92. The van der Waals surface area contributed by atoms with Crippen LogP contribution in [0, 0.1) is 10.8 Å². The number of hydrogen-bond donors (Lipinski definition) is 0. The topological polar surface area (TPSA) is 12.4 Å². The maximum absolute atomic E-state index is 7.92. The van der Waals surface area contributed by atoms with Crippen LogP contribution in [0.2, 0.25) is 0 Å². The molecular weight excluding hydrogens is 158 g/mol. The van der Waals surface area contributed by atoms with Crippen LogP contribution in [-0.2, 0) is 0 Å². The van der Waals surface area contributed by atoms with Gasteiger partial charge in [0.25, 0.3) is 0 Å². The van der Waals surface area contributed by atoms with Gasteiger partial charge < -0.3 is 0 Å². The van der Waals surface area contributed by atoms with Gasteiger partial charge in [-0.1, -0.05) is 47.6 Å². The van der Waals surface area contributed by atoms with Gasteiger partial charge in [-0.25, -0.2) is 0 Å². The Morgan fingerprint density at radius 3 is 1.85 bits per heavy atom. The fraction of sp³-hybridized carbons (Fsp3) is 0.750. The smallest absolute Gasteiger partial charge is 0.0797 e. The molecule has 1 nitrogen and oxygen atoms in total. The Morgan fingerprint density at radius 2 is 1.54 bits per heavy atom. The summed E-state index contributed by atoms with van der Waals surface area (Å²) < 4.78 is 15.7. The Balaban J connectivity index is 5.14. The molecule has 1 heteroatoms. The van der Waals surface area contributed by atoms with Crippen LogP contribution in [0.4, 0.5) is 0 Å². The van der Waals surface area contributed by atoms with E-state index in [4.69, 9.17) is 2.74 Å². The van der Waals surface area contributed by atoms with Gasteiger partial charge in [-0.05, 0) is 17.8 Å². The Hall–Kier alpha value is -0.590. The van der Waals surface area contributed by atoms with Crippen LogP contribution in [0.15, 0.2) is 16.7 Å².